The molecule has 0 bridgehead atoms. The quantitative estimate of drug-likeness (QED) is 0.697. The summed E-state index contributed by atoms with van der Waals surface area (Å²) >= 11 is 0. The number of para-hydroxylation sites is 1. The number of hydrogen-bond donors (Lipinski definition) is 2. The lowest BCUT2D eigenvalue weighted by atomic mass is 10.1. The van der Waals surface area contributed by atoms with Gasteiger partial charge in [0.15, 0.2) is 5.75 Å². The number of ether oxygens (including phenoxy) is 2. The Morgan fingerprint density at radius 2 is 2.11 bits per heavy atom. The highest BCUT2D eigenvalue weighted by Gasteiger charge is 2.20. The van der Waals surface area contributed by atoms with Crippen molar-refractivity contribution in [2.45, 2.75) is 0 Å². The molecule has 0 atom stereocenters. The molecule has 106 valence electrons. The van der Waals surface area contributed by atoms with Gasteiger partial charge in [0, 0.05) is 20.2 Å². The lowest BCUT2D eigenvalue weighted by Crippen LogP contribution is -2.36. The minimum absolute atomic E-state index is 0.111. The maximum Gasteiger partial charge on any atom is 0.257 e. The normalized spacial score (nSPS) is 10.3. The zero-order chi connectivity index (χ0) is 14.3. The number of nitrogen functional groups attached to an aromatic ring is 1. The third-order valence-electron chi connectivity index (χ3n) is 2.70. The Kier molecular flexibility index (Phi) is 6.11. The molecule has 0 aliphatic carbocycles. The number of hydrogen-bond acceptors (Lipinski definition) is 5. The van der Waals surface area contributed by atoms with Gasteiger partial charge < -0.3 is 25.2 Å². The van der Waals surface area contributed by atoms with Gasteiger partial charge in [0.2, 0.25) is 0 Å². The molecule has 6 nitrogen and oxygen atoms in total. The van der Waals surface area contributed by atoms with Crippen LogP contribution < -0.4 is 10.5 Å². The van der Waals surface area contributed by atoms with Gasteiger partial charge >= 0.3 is 0 Å². The number of carbonyl (C=O) groups is 1. The third-order valence-corrected chi connectivity index (χ3v) is 2.70. The van der Waals surface area contributed by atoms with E-state index in [0.717, 1.165) is 0 Å². The van der Waals surface area contributed by atoms with Crippen LogP contribution in [0.25, 0.3) is 0 Å². The minimum atomic E-state index is -0.241. The van der Waals surface area contributed by atoms with Crippen molar-refractivity contribution in [3.8, 4) is 5.75 Å². The predicted octanol–water partition coefficient (Wildman–Crippen LogP) is 0.358. The lowest BCUT2D eigenvalue weighted by molar-refractivity contribution is 0.0653. The molecule has 19 heavy (non-hydrogen) atoms. The van der Waals surface area contributed by atoms with Crippen molar-refractivity contribution in [2.24, 2.45) is 0 Å². The number of nitrogens with zero attached hydrogens (tertiary/aromatic N) is 1. The first-order valence-corrected chi connectivity index (χ1v) is 5.97. The Hall–Kier alpha value is -1.79. The predicted molar refractivity (Wildman–Crippen MR) is 72.3 cm³/mol. The smallest absolute Gasteiger partial charge is 0.257 e. The van der Waals surface area contributed by atoms with E-state index in [2.05, 4.69) is 0 Å². The number of methoxy groups -OCH3 is 2. The van der Waals surface area contributed by atoms with Gasteiger partial charge in [0.1, 0.15) is 0 Å². The van der Waals surface area contributed by atoms with E-state index >= 15 is 0 Å². The van der Waals surface area contributed by atoms with E-state index < -0.39 is 0 Å². The topological polar surface area (TPSA) is 85.0 Å². The maximum absolute atomic E-state index is 12.4. The van der Waals surface area contributed by atoms with Gasteiger partial charge in [-0.1, -0.05) is 6.07 Å². The Morgan fingerprint density at radius 3 is 2.68 bits per heavy atom. The van der Waals surface area contributed by atoms with Crippen molar-refractivity contribution in [3.05, 3.63) is 23.8 Å². The first kappa shape index (κ1) is 15.3. The number of nitrogens with two attached hydrogens (primary N) is 1. The van der Waals surface area contributed by atoms with Gasteiger partial charge in [-0.15, -0.1) is 0 Å². The molecule has 0 radical (unpaired) electrons. The summed E-state index contributed by atoms with van der Waals surface area (Å²) in [5, 5.41) is 9.02. The Morgan fingerprint density at radius 1 is 1.37 bits per heavy atom. The summed E-state index contributed by atoms with van der Waals surface area (Å²) < 4.78 is 10.1. The molecular weight excluding hydrogens is 248 g/mol. The molecule has 1 amide bonds. The largest absolute Gasteiger partial charge is 0.494 e. The highest BCUT2D eigenvalue weighted by molar-refractivity contribution is 5.98. The summed E-state index contributed by atoms with van der Waals surface area (Å²) in [7, 11) is 3.02. The molecule has 6 heteroatoms. The molecule has 1 rings (SSSR count). The summed E-state index contributed by atoms with van der Waals surface area (Å²) in [6.45, 7) is 0.921. The molecule has 0 aromatic heterocycles. The molecular formula is C13H20N2O4. The number of benzene rings is 1. The molecule has 0 saturated heterocycles. The molecule has 0 aliphatic heterocycles. The van der Waals surface area contributed by atoms with Gasteiger partial charge in [-0.05, 0) is 12.1 Å². The molecule has 0 aliphatic rings. The van der Waals surface area contributed by atoms with Crippen molar-refractivity contribution in [1.29, 1.82) is 0 Å². The number of aliphatic hydroxyl groups excluding tert-OH is 1. The van der Waals surface area contributed by atoms with Crippen LogP contribution in [-0.2, 0) is 4.74 Å². The van der Waals surface area contributed by atoms with Crippen LogP contribution in [0, 0.1) is 0 Å². The summed E-state index contributed by atoms with van der Waals surface area (Å²) in [6, 6.07) is 5.01. The highest BCUT2D eigenvalue weighted by atomic mass is 16.5. The third kappa shape index (κ3) is 3.84. The number of aliphatic hydroxyl groups is 1. The number of amides is 1. The second-order valence-corrected chi connectivity index (χ2v) is 3.94. The highest BCUT2D eigenvalue weighted by Crippen LogP contribution is 2.26. The number of carbonyl (C=O) groups excluding carboxylic acids is 1. The molecule has 0 heterocycles. The van der Waals surface area contributed by atoms with Crippen LogP contribution in [0.4, 0.5) is 5.69 Å². The van der Waals surface area contributed by atoms with Crippen LogP contribution in [0.2, 0.25) is 0 Å². The summed E-state index contributed by atoms with van der Waals surface area (Å²) in [4.78, 5) is 13.9. The van der Waals surface area contributed by atoms with Crippen LogP contribution in [0.15, 0.2) is 18.2 Å². The zero-order valence-electron chi connectivity index (χ0n) is 11.3. The van der Waals surface area contributed by atoms with Crippen LogP contribution in [0.1, 0.15) is 10.4 Å². The molecule has 1 aromatic carbocycles. The number of anilines is 1. The van der Waals surface area contributed by atoms with Gasteiger partial charge in [-0.3, -0.25) is 4.79 Å². The van der Waals surface area contributed by atoms with Crippen molar-refractivity contribution in [3.63, 3.8) is 0 Å². The first-order valence-electron chi connectivity index (χ1n) is 5.97. The van der Waals surface area contributed by atoms with E-state index in [4.69, 9.17) is 20.3 Å². The molecule has 3 N–H and O–H groups in total. The monoisotopic (exact) mass is 268 g/mol. The van der Waals surface area contributed by atoms with Crippen LogP contribution in [-0.4, -0.2) is 56.4 Å². The van der Waals surface area contributed by atoms with Gasteiger partial charge in [-0.2, -0.15) is 0 Å². The second-order valence-electron chi connectivity index (χ2n) is 3.94. The second kappa shape index (κ2) is 7.60. The van der Waals surface area contributed by atoms with Gasteiger partial charge in [-0.25, -0.2) is 0 Å². The van der Waals surface area contributed by atoms with Crippen molar-refractivity contribution >= 4 is 11.6 Å². The Labute approximate surface area is 112 Å². The molecule has 1 aromatic rings. The average Bonchev–Trinajstić information content (AvgIpc) is 2.42. The lowest BCUT2D eigenvalue weighted by Gasteiger charge is -2.22. The van der Waals surface area contributed by atoms with E-state index in [-0.39, 0.29) is 19.1 Å². The fraction of sp³-hybridized carbons (Fsp3) is 0.462. The van der Waals surface area contributed by atoms with Crippen molar-refractivity contribution < 1.29 is 19.4 Å². The van der Waals surface area contributed by atoms with E-state index in [1.807, 2.05) is 0 Å². The summed E-state index contributed by atoms with van der Waals surface area (Å²) in [6.07, 6.45) is 0. The SMILES string of the molecule is COCCN(CCO)C(=O)c1cccc(N)c1OC. The van der Waals surface area contributed by atoms with E-state index in [1.54, 1.807) is 25.3 Å². The van der Waals surface area contributed by atoms with E-state index in [0.29, 0.717) is 30.2 Å². The zero-order valence-corrected chi connectivity index (χ0v) is 11.3. The Bertz CT molecular complexity index is 423. The standard InChI is InChI=1S/C13H20N2O4/c1-18-9-7-15(6-8-16)13(17)10-4-3-5-11(14)12(10)19-2/h3-5,16H,6-9,14H2,1-2H3. The molecule has 0 fully saturated rings. The van der Waals surface area contributed by atoms with Crippen LogP contribution in [0.3, 0.4) is 0 Å². The Balaban J connectivity index is 2.98. The van der Waals surface area contributed by atoms with Crippen LogP contribution >= 0.6 is 0 Å². The van der Waals surface area contributed by atoms with Crippen molar-refractivity contribution in [2.75, 3.05) is 46.3 Å². The number of rotatable bonds is 7. The van der Waals surface area contributed by atoms with Crippen molar-refractivity contribution in [1.82, 2.24) is 4.90 Å². The van der Waals surface area contributed by atoms with Gasteiger partial charge in [0.05, 0.1) is 31.6 Å². The maximum atomic E-state index is 12.4. The average molecular weight is 268 g/mol. The van der Waals surface area contributed by atoms with E-state index in [9.17, 15) is 4.79 Å². The fourth-order valence-electron chi connectivity index (χ4n) is 1.76. The van der Waals surface area contributed by atoms with E-state index in [1.165, 1.54) is 12.0 Å². The first-order chi connectivity index (χ1) is 9.15. The summed E-state index contributed by atoms with van der Waals surface area (Å²) in [5.74, 6) is 0.114. The van der Waals surface area contributed by atoms with Gasteiger partial charge in [0.25, 0.3) is 5.91 Å². The molecule has 0 saturated carbocycles. The molecule has 0 unspecified atom stereocenters. The summed E-state index contributed by atoms with van der Waals surface area (Å²) in [5.41, 5.74) is 6.56. The minimum Gasteiger partial charge on any atom is -0.494 e. The fourth-order valence-corrected chi connectivity index (χ4v) is 1.76. The molecule has 0 spiro atoms. The van der Waals surface area contributed by atoms with Crippen LogP contribution in [0.5, 0.6) is 5.75 Å².